The van der Waals surface area contributed by atoms with Crippen molar-refractivity contribution in [3.63, 3.8) is 0 Å². The lowest BCUT2D eigenvalue weighted by atomic mass is 9.78. The third-order valence-electron chi connectivity index (χ3n) is 3.76. The third kappa shape index (κ3) is 3.13. The highest BCUT2D eigenvalue weighted by Gasteiger charge is 2.41. The zero-order valence-corrected chi connectivity index (χ0v) is 11.6. The van der Waals surface area contributed by atoms with Gasteiger partial charge in [-0.05, 0) is 25.9 Å². The molecule has 0 aromatic carbocycles. The monoisotopic (exact) mass is 266 g/mol. The predicted octanol–water partition coefficient (Wildman–Crippen LogP) is 0.384. The van der Waals surface area contributed by atoms with Crippen LogP contribution in [-0.4, -0.2) is 54.9 Å². The number of piperidine rings is 1. The number of H-pyrrole nitrogens is 1. The Balaban J connectivity index is 2.05. The van der Waals surface area contributed by atoms with Crippen molar-refractivity contribution < 1.29 is 9.53 Å². The number of hydrogen-bond acceptors (Lipinski definition) is 4. The van der Waals surface area contributed by atoms with Crippen LogP contribution in [0.3, 0.4) is 0 Å². The summed E-state index contributed by atoms with van der Waals surface area (Å²) in [5.41, 5.74) is 0.635. The van der Waals surface area contributed by atoms with Gasteiger partial charge in [-0.1, -0.05) is 0 Å². The second-order valence-electron chi connectivity index (χ2n) is 5.23. The Hall–Kier alpha value is -1.40. The van der Waals surface area contributed by atoms with Crippen molar-refractivity contribution in [2.75, 3.05) is 33.9 Å². The van der Waals surface area contributed by atoms with Gasteiger partial charge in [0.15, 0.2) is 0 Å². The molecule has 1 aliphatic rings. The third-order valence-corrected chi connectivity index (χ3v) is 3.76. The number of nitrogens with one attached hydrogen (secondary N) is 2. The molecule has 6 nitrogen and oxygen atoms in total. The molecular weight excluding hydrogens is 244 g/mol. The summed E-state index contributed by atoms with van der Waals surface area (Å²) >= 11 is 0. The summed E-state index contributed by atoms with van der Waals surface area (Å²) in [5.74, 6) is 0.164. The number of carbonyl (C=O) groups is 1. The highest BCUT2D eigenvalue weighted by Crippen LogP contribution is 2.31. The van der Waals surface area contributed by atoms with Crippen LogP contribution in [0.5, 0.6) is 0 Å². The number of rotatable bonds is 5. The van der Waals surface area contributed by atoms with Crippen molar-refractivity contribution in [3.8, 4) is 0 Å². The SMILES string of the molecule is COCC1(C(=O)N(C)Cc2cn[nH]c2)CCNCC1. The van der Waals surface area contributed by atoms with Crippen LogP contribution in [0.25, 0.3) is 0 Å². The van der Waals surface area contributed by atoms with Crippen molar-refractivity contribution in [1.29, 1.82) is 0 Å². The van der Waals surface area contributed by atoms with E-state index in [4.69, 9.17) is 4.74 Å². The fourth-order valence-corrected chi connectivity index (χ4v) is 2.72. The number of hydrogen-bond donors (Lipinski definition) is 2. The van der Waals surface area contributed by atoms with E-state index in [9.17, 15) is 4.79 Å². The first-order chi connectivity index (χ1) is 9.18. The average Bonchev–Trinajstić information content (AvgIpc) is 2.92. The largest absolute Gasteiger partial charge is 0.384 e. The lowest BCUT2D eigenvalue weighted by molar-refractivity contribution is -0.146. The van der Waals surface area contributed by atoms with E-state index in [1.54, 1.807) is 18.2 Å². The average molecular weight is 266 g/mol. The smallest absolute Gasteiger partial charge is 0.231 e. The van der Waals surface area contributed by atoms with E-state index in [1.165, 1.54) is 0 Å². The molecule has 1 saturated heterocycles. The van der Waals surface area contributed by atoms with E-state index in [-0.39, 0.29) is 11.3 Å². The summed E-state index contributed by atoms with van der Waals surface area (Å²) in [6.07, 6.45) is 5.22. The van der Waals surface area contributed by atoms with Gasteiger partial charge in [-0.25, -0.2) is 0 Å². The van der Waals surface area contributed by atoms with E-state index >= 15 is 0 Å². The van der Waals surface area contributed by atoms with Crippen molar-refractivity contribution in [3.05, 3.63) is 18.0 Å². The van der Waals surface area contributed by atoms with E-state index < -0.39 is 0 Å². The molecule has 0 spiro atoms. The van der Waals surface area contributed by atoms with Crippen LogP contribution in [0.1, 0.15) is 18.4 Å². The fourth-order valence-electron chi connectivity index (χ4n) is 2.72. The highest BCUT2D eigenvalue weighted by atomic mass is 16.5. The molecule has 2 heterocycles. The lowest BCUT2D eigenvalue weighted by Crippen LogP contribution is -2.50. The van der Waals surface area contributed by atoms with E-state index in [0.717, 1.165) is 31.5 Å². The van der Waals surface area contributed by atoms with E-state index in [0.29, 0.717) is 13.2 Å². The number of nitrogens with zero attached hydrogens (tertiary/aromatic N) is 2. The van der Waals surface area contributed by atoms with Gasteiger partial charge in [-0.15, -0.1) is 0 Å². The van der Waals surface area contributed by atoms with Crippen LogP contribution in [0, 0.1) is 5.41 Å². The maximum atomic E-state index is 12.7. The van der Waals surface area contributed by atoms with Crippen molar-refractivity contribution >= 4 is 5.91 Å². The second-order valence-corrected chi connectivity index (χ2v) is 5.23. The minimum Gasteiger partial charge on any atom is -0.384 e. The van der Waals surface area contributed by atoms with Gasteiger partial charge in [0.1, 0.15) is 0 Å². The minimum absolute atomic E-state index is 0.164. The zero-order chi connectivity index (χ0) is 13.7. The fraction of sp³-hybridized carbons (Fsp3) is 0.692. The van der Waals surface area contributed by atoms with Gasteiger partial charge >= 0.3 is 0 Å². The first-order valence-corrected chi connectivity index (χ1v) is 6.61. The molecule has 1 aromatic rings. The molecular formula is C13H22N4O2. The molecule has 1 aromatic heterocycles. The van der Waals surface area contributed by atoms with Crippen LogP contribution in [-0.2, 0) is 16.1 Å². The number of aromatic nitrogens is 2. The first kappa shape index (κ1) is 14.0. The van der Waals surface area contributed by atoms with Gasteiger partial charge in [-0.2, -0.15) is 5.10 Å². The van der Waals surface area contributed by atoms with Gasteiger partial charge in [0.05, 0.1) is 18.2 Å². The Morgan fingerprint density at radius 1 is 1.53 bits per heavy atom. The normalized spacial score (nSPS) is 18.2. The molecule has 1 aliphatic heterocycles. The molecule has 19 heavy (non-hydrogen) atoms. The molecule has 2 N–H and O–H groups in total. The Labute approximate surface area is 113 Å². The molecule has 0 atom stereocenters. The van der Waals surface area contributed by atoms with Crippen LogP contribution in [0.4, 0.5) is 0 Å². The predicted molar refractivity (Wildman–Crippen MR) is 71.5 cm³/mol. The summed E-state index contributed by atoms with van der Waals surface area (Å²) in [5, 5.41) is 9.96. The number of aromatic amines is 1. The molecule has 0 aliphatic carbocycles. The molecule has 0 unspecified atom stereocenters. The molecule has 0 saturated carbocycles. The molecule has 6 heteroatoms. The number of methoxy groups -OCH3 is 1. The van der Waals surface area contributed by atoms with Crippen molar-refractivity contribution in [1.82, 2.24) is 20.4 Å². The van der Waals surface area contributed by atoms with Gasteiger partial charge in [0.2, 0.25) is 5.91 Å². The summed E-state index contributed by atoms with van der Waals surface area (Å²) in [6, 6.07) is 0. The quantitative estimate of drug-likeness (QED) is 0.808. The standard InChI is InChI=1S/C13H22N4O2/c1-17(9-11-7-15-16-8-11)12(18)13(10-19-2)3-5-14-6-4-13/h7-8,14H,3-6,9-10H2,1-2H3,(H,15,16). The van der Waals surface area contributed by atoms with Crippen LogP contribution < -0.4 is 5.32 Å². The Kier molecular flexibility index (Phi) is 4.55. The maximum Gasteiger partial charge on any atom is 0.231 e. The second kappa shape index (κ2) is 6.16. The van der Waals surface area contributed by atoms with Gasteiger partial charge in [-0.3, -0.25) is 9.89 Å². The maximum absolute atomic E-state index is 12.7. The molecule has 0 radical (unpaired) electrons. The molecule has 1 fully saturated rings. The molecule has 0 bridgehead atoms. The van der Waals surface area contributed by atoms with E-state index in [1.807, 2.05) is 13.2 Å². The van der Waals surface area contributed by atoms with Gasteiger partial charge in [0, 0.05) is 32.5 Å². The van der Waals surface area contributed by atoms with E-state index in [2.05, 4.69) is 15.5 Å². The Morgan fingerprint density at radius 2 is 2.26 bits per heavy atom. The number of amides is 1. The first-order valence-electron chi connectivity index (χ1n) is 6.61. The topological polar surface area (TPSA) is 70.2 Å². The van der Waals surface area contributed by atoms with Gasteiger partial charge < -0.3 is 15.0 Å². The summed E-state index contributed by atoms with van der Waals surface area (Å²) < 4.78 is 5.30. The number of carbonyl (C=O) groups excluding carboxylic acids is 1. The molecule has 2 rings (SSSR count). The summed E-state index contributed by atoms with van der Waals surface area (Å²) in [4.78, 5) is 14.5. The van der Waals surface area contributed by atoms with Crippen LogP contribution in [0.2, 0.25) is 0 Å². The minimum atomic E-state index is -0.377. The lowest BCUT2D eigenvalue weighted by Gasteiger charge is -2.38. The molecule has 1 amide bonds. The summed E-state index contributed by atoms with van der Waals surface area (Å²) in [7, 11) is 3.50. The Bertz CT molecular complexity index is 393. The van der Waals surface area contributed by atoms with Crippen LogP contribution in [0.15, 0.2) is 12.4 Å². The van der Waals surface area contributed by atoms with Gasteiger partial charge in [0.25, 0.3) is 0 Å². The number of ether oxygens (including phenoxy) is 1. The van der Waals surface area contributed by atoms with Crippen molar-refractivity contribution in [2.24, 2.45) is 5.41 Å². The van der Waals surface area contributed by atoms with Crippen LogP contribution >= 0.6 is 0 Å². The van der Waals surface area contributed by atoms with Crippen molar-refractivity contribution in [2.45, 2.75) is 19.4 Å². The summed E-state index contributed by atoms with van der Waals surface area (Å²) in [6.45, 7) is 2.81. The highest BCUT2D eigenvalue weighted by molar-refractivity contribution is 5.82. The molecule has 106 valence electrons. The Morgan fingerprint density at radius 3 is 2.84 bits per heavy atom. The zero-order valence-electron chi connectivity index (χ0n) is 11.6.